The van der Waals surface area contributed by atoms with Crippen LogP contribution in [-0.2, 0) is 18.0 Å². The average Bonchev–Trinajstić information content (AvgIpc) is 2.58. The third-order valence-electron chi connectivity index (χ3n) is 3.85. The molecule has 0 heterocycles. The quantitative estimate of drug-likeness (QED) is 0.309. The second-order valence-corrected chi connectivity index (χ2v) is 8.84. The zero-order valence-corrected chi connectivity index (χ0v) is 16.4. The highest BCUT2D eigenvalue weighted by atomic mass is 28.4. The molecular formula is C16H37NO5Si. The molecule has 0 fully saturated rings. The summed E-state index contributed by atoms with van der Waals surface area (Å²) < 4.78 is 21.6. The van der Waals surface area contributed by atoms with Gasteiger partial charge < -0.3 is 28.4 Å². The fraction of sp³-hybridized carbons (Fsp3) is 1.00. The van der Waals surface area contributed by atoms with Crippen molar-refractivity contribution in [3.8, 4) is 0 Å². The molecule has 0 radical (unpaired) electrons. The van der Waals surface area contributed by atoms with Crippen LogP contribution in [0.3, 0.4) is 0 Å². The maximum absolute atomic E-state index is 9.74. The van der Waals surface area contributed by atoms with Crippen molar-refractivity contribution in [3.63, 3.8) is 0 Å². The molecule has 0 amide bonds. The Hall–Kier alpha value is -0.0231. The summed E-state index contributed by atoms with van der Waals surface area (Å²) in [7, 11) is 2.57. The van der Waals surface area contributed by atoms with E-state index in [1.165, 1.54) is 0 Å². The van der Waals surface area contributed by atoms with Crippen LogP contribution in [-0.4, -0.2) is 67.6 Å². The van der Waals surface area contributed by atoms with Crippen LogP contribution in [0.4, 0.5) is 0 Å². The van der Waals surface area contributed by atoms with E-state index in [1.54, 1.807) is 21.3 Å². The Kier molecular flexibility index (Phi) is 15.5. The maximum Gasteiger partial charge on any atom is 0.500 e. The molecule has 0 aromatic rings. The third-order valence-corrected chi connectivity index (χ3v) is 6.68. The molecule has 0 rings (SSSR count). The monoisotopic (exact) mass is 351 g/mol. The molecule has 0 aliphatic rings. The number of aliphatic hydroxyl groups excluding tert-OH is 1. The van der Waals surface area contributed by atoms with E-state index in [0.29, 0.717) is 13.2 Å². The highest BCUT2D eigenvalue weighted by Crippen LogP contribution is 2.17. The fourth-order valence-electron chi connectivity index (χ4n) is 2.29. The van der Waals surface area contributed by atoms with Crippen LogP contribution in [0.5, 0.6) is 0 Å². The van der Waals surface area contributed by atoms with Gasteiger partial charge in [0.2, 0.25) is 0 Å². The van der Waals surface area contributed by atoms with Crippen molar-refractivity contribution in [2.75, 3.05) is 47.6 Å². The largest absolute Gasteiger partial charge is 0.500 e. The molecule has 140 valence electrons. The van der Waals surface area contributed by atoms with Gasteiger partial charge in [0.25, 0.3) is 0 Å². The highest BCUT2D eigenvalue weighted by Gasteiger charge is 2.36. The molecular weight excluding hydrogens is 314 g/mol. The Balaban J connectivity index is 3.42. The van der Waals surface area contributed by atoms with Gasteiger partial charge >= 0.3 is 8.80 Å². The van der Waals surface area contributed by atoms with Gasteiger partial charge in [0.05, 0.1) is 12.7 Å². The number of aliphatic hydroxyl groups is 1. The molecule has 1 unspecified atom stereocenters. The Morgan fingerprint density at radius 3 is 2.22 bits per heavy atom. The Labute approximate surface area is 143 Å². The van der Waals surface area contributed by atoms with E-state index in [4.69, 9.17) is 18.0 Å². The van der Waals surface area contributed by atoms with Gasteiger partial charge in [-0.1, -0.05) is 26.2 Å². The molecule has 0 aliphatic carbocycles. The van der Waals surface area contributed by atoms with Crippen molar-refractivity contribution in [2.24, 2.45) is 0 Å². The molecule has 0 saturated carbocycles. The number of nitrogens with one attached hydrogen (secondary N) is 1. The van der Waals surface area contributed by atoms with E-state index in [9.17, 15) is 5.11 Å². The van der Waals surface area contributed by atoms with E-state index in [0.717, 1.165) is 57.7 Å². The van der Waals surface area contributed by atoms with Gasteiger partial charge in [-0.15, -0.1) is 0 Å². The summed E-state index contributed by atoms with van der Waals surface area (Å²) in [6.45, 7) is 4.81. The molecule has 1 atom stereocenters. The Morgan fingerprint density at radius 1 is 0.957 bits per heavy atom. The summed E-state index contributed by atoms with van der Waals surface area (Å²) in [6, 6.07) is 0.859. The minimum absolute atomic E-state index is 0.413. The predicted octanol–water partition coefficient (Wildman–Crippen LogP) is 2.19. The lowest BCUT2D eigenvalue weighted by Gasteiger charge is -2.24. The number of unbranched alkanes of at least 4 members (excludes halogenated alkanes) is 4. The van der Waals surface area contributed by atoms with E-state index in [2.05, 4.69) is 12.2 Å². The first-order valence-electron chi connectivity index (χ1n) is 8.76. The van der Waals surface area contributed by atoms with Crippen LogP contribution in [0.15, 0.2) is 0 Å². The smallest absolute Gasteiger partial charge is 0.389 e. The number of ether oxygens (including phenoxy) is 1. The van der Waals surface area contributed by atoms with Crippen molar-refractivity contribution in [1.82, 2.24) is 5.32 Å². The minimum Gasteiger partial charge on any atom is -0.389 e. The van der Waals surface area contributed by atoms with Crippen molar-refractivity contribution < 1.29 is 23.1 Å². The van der Waals surface area contributed by atoms with Gasteiger partial charge in [0, 0.05) is 40.5 Å². The summed E-state index contributed by atoms with van der Waals surface area (Å²) in [5, 5.41) is 13.0. The summed E-state index contributed by atoms with van der Waals surface area (Å²) in [5.74, 6) is 0. The second kappa shape index (κ2) is 15.5. The van der Waals surface area contributed by atoms with Gasteiger partial charge in [0.1, 0.15) is 0 Å². The van der Waals surface area contributed by atoms with Crippen LogP contribution in [0.2, 0.25) is 6.04 Å². The number of hydrogen-bond acceptors (Lipinski definition) is 6. The first-order valence-corrected chi connectivity index (χ1v) is 10.7. The van der Waals surface area contributed by atoms with E-state index in [-0.39, 0.29) is 0 Å². The van der Waals surface area contributed by atoms with Crippen molar-refractivity contribution in [3.05, 3.63) is 0 Å². The average molecular weight is 352 g/mol. The molecule has 6 nitrogen and oxygen atoms in total. The van der Waals surface area contributed by atoms with Gasteiger partial charge in [-0.05, 0) is 25.8 Å². The summed E-state index contributed by atoms with van der Waals surface area (Å²) >= 11 is 0. The number of rotatable bonds is 17. The second-order valence-electron chi connectivity index (χ2n) is 5.75. The topological polar surface area (TPSA) is 69.2 Å². The normalized spacial score (nSPS) is 13.4. The maximum atomic E-state index is 9.74. The molecule has 2 N–H and O–H groups in total. The molecule has 23 heavy (non-hydrogen) atoms. The Morgan fingerprint density at radius 2 is 1.61 bits per heavy atom. The van der Waals surface area contributed by atoms with Crippen molar-refractivity contribution in [2.45, 2.75) is 57.6 Å². The summed E-state index contributed by atoms with van der Waals surface area (Å²) in [6.07, 6.45) is 6.20. The minimum atomic E-state index is -2.39. The molecule has 0 aliphatic heterocycles. The number of hydrogen-bond donors (Lipinski definition) is 2. The van der Waals surface area contributed by atoms with E-state index in [1.807, 2.05) is 0 Å². The van der Waals surface area contributed by atoms with Gasteiger partial charge in [-0.2, -0.15) is 0 Å². The molecule has 0 aromatic carbocycles. The lowest BCUT2D eigenvalue weighted by molar-refractivity contribution is 0.0360. The third kappa shape index (κ3) is 12.1. The molecule has 0 bridgehead atoms. The van der Waals surface area contributed by atoms with E-state index >= 15 is 0 Å². The lowest BCUT2D eigenvalue weighted by atomic mass is 10.2. The zero-order valence-electron chi connectivity index (χ0n) is 15.4. The highest BCUT2D eigenvalue weighted by molar-refractivity contribution is 6.60. The lowest BCUT2D eigenvalue weighted by Crippen LogP contribution is -2.42. The van der Waals surface area contributed by atoms with Gasteiger partial charge in [0.15, 0.2) is 0 Å². The molecule has 0 saturated heterocycles. The first kappa shape index (κ1) is 23.0. The summed E-state index contributed by atoms with van der Waals surface area (Å²) in [4.78, 5) is 0. The standard InChI is InChI=1S/C16H37NO5Si/c1-5-6-12-22-15-16(18)14-17-11-9-7-8-10-13-23(19-2,20-3)21-4/h16-18H,5-15H2,1-4H3. The van der Waals surface area contributed by atoms with Crippen LogP contribution in [0, 0.1) is 0 Å². The van der Waals surface area contributed by atoms with Crippen LogP contribution in [0.25, 0.3) is 0 Å². The molecule has 0 aromatic heterocycles. The molecule has 0 spiro atoms. The molecule has 7 heteroatoms. The van der Waals surface area contributed by atoms with Crippen LogP contribution >= 0.6 is 0 Å². The van der Waals surface area contributed by atoms with E-state index < -0.39 is 14.9 Å². The van der Waals surface area contributed by atoms with Crippen LogP contribution < -0.4 is 5.32 Å². The predicted molar refractivity (Wildman–Crippen MR) is 94.7 cm³/mol. The fourth-order valence-corrected chi connectivity index (χ4v) is 4.09. The Bertz CT molecular complexity index is 246. The first-order chi connectivity index (χ1) is 11.1. The summed E-state index contributed by atoms with van der Waals surface area (Å²) in [5.41, 5.74) is 0. The zero-order chi connectivity index (χ0) is 17.4. The van der Waals surface area contributed by atoms with Gasteiger partial charge in [-0.25, -0.2) is 0 Å². The SMILES string of the molecule is CCCCOCC(O)CNCCCCCC[Si](OC)(OC)OC. The van der Waals surface area contributed by atoms with Crippen LogP contribution in [0.1, 0.15) is 45.4 Å². The van der Waals surface area contributed by atoms with Gasteiger partial charge in [-0.3, -0.25) is 0 Å². The van der Waals surface area contributed by atoms with Crippen molar-refractivity contribution in [1.29, 1.82) is 0 Å². The van der Waals surface area contributed by atoms with Crippen molar-refractivity contribution >= 4 is 8.80 Å².